The maximum atomic E-state index is 11.9. The van der Waals surface area contributed by atoms with Crippen molar-refractivity contribution >= 4 is 0 Å². The minimum Gasteiger partial charge on any atom is -0.337 e. The normalized spacial score (nSPS) is 12.0. The molecule has 0 N–H and O–H groups in total. The van der Waals surface area contributed by atoms with Crippen LogP contribution in [0.5, 0.6) is 0 Å². The van der Waals surface area contributed by atoms with E-state index in [4.69, 9.17) is 0 Å². The first-order chi connectivity index (χ1) is 5.04. The highest BCUT2D eigenvalue weighted by molar-refractivity contribution is 5.00. The molecular weight excluding hydrogens is 157 g/mol. The molecule has 1 aromatic rings. The smallest absolute Gasteiger partial charge is 0.337 e. The molecule has 62 valence electrons. The second-order valence-corrected chi connectivity index (χ2v) is 2.09. The van der Waals surface area contributed by atoms with Crippen molar-refractivity contribution in [2.75, 3.05) is 0 Å². The lowest BCUT2D eigenvalue weighted by Crippen LogP contribution is -2.04. The topological polar surface area (TPSA) is 17.8 Å². The molecule has 11 heavy (non-hydrogen) atoms. The van der Waals surface area contributed by atoms with Gasteiger partial charge in [0.05, 0.1) is 6.33 Å². The van der Waals surface area contributed by atoms with Gasteiger partial charge in [-0.3, -0.25) is 0 Å². The molecule has 0 amide bonds. The maximum absolute atomic E-state index is 11.9. The summed E-state index contributed by atoms with van der Waals surface area (Å²) in [4.78, 5) is 3.20. The lowest BCUT2D eigenvalue weighted by molar-refractivity contribution is -0.140. The van der Waals surface area contributed by atoms with Crippen LogP contribution in [0, 0.1) is 0 Å². The average Bonchev–Trinajstić information content (AvgIpc) is 2.32. The van der Waals surface area contributed by atoms with Crippen molar-refractivity contribution in [1.29, 1.82) is 0 Å². The Kier molecular flexibility index (Phi) is 1.89. The summed E-state index contributed by atoms with van der Waals surface area (Å²) in [6, 6.07) is 0. The Morgan fingerprint density at radius 2 is 2.18 bits per heavy atom. The van der Waals surface area contributed by atoms with Crippen molar-refractivity contribution in [3.63, 3.8) is 0 Å². The Morgan fingerprint density at radius 1 is 1.55 bits per heavy atom. The fourth-order valence-electron chi connectivity index (χ4n) is 0.679. The minimum absolute atomic E-state index is 0.503. The standard InChI is InChI=1S/C6H7F3N2/c1-2-11-3-5(10-4-11)6(7,8)9/h3-4H,2H2,1H3. The van der Waals surface area contributed by atoms with Crippen LogP contribution in [0.25, 0.3) is 0 Å². The molecular formula is C6H7F3N2. The van der Waals surface area contributed by atoms with Crippen molar-refractivity contribution in [1.82, 2.24) is 9.55 Å². The number of hydrogen-bond acceptors (Lipinski definition) is 1. The Bertz CT molecular complexity index is 238. The molecule has 0 spiro atoms. The number of imidazole rings is 1. The molecule has 1 heterocycles. The van der Waals surface area contributed by atoms with Gasteiger partial charge in [-0.05, 0) is 6.92 Å². The van der Waals surface area contributed by atoms with Gasteiger partial charge in [0.25, 0.3) is 0 Å². The summed E-state index contributed by atoms with van der Waals surface area (Å²) in [6.45, 7) is 2.25. The van der Waals surface area contributed by atoms with Crippen molar-refractivity contribution in [2.45, 2.75) is 19.6 Å². The van der Waals surface area contributed by atoms with Crippen LogP contribution in [0.4, 0.5) is 13.2 Å². The summed E-state index contributed by atoms with van der Waals surface area (Å²) in [5.74, 6) is 0. The number of rotatable bonds is 1. The summed E-state index contributed by atoms with van der Waals surface area (Å²) in [5, 5.41) is 0. The summed E-state index contributed by atoms with van der Waals surface area (Å²) in [5.41, 5.74) is -0.834. The third kappa shape index (κ3) is 1.72. The van der Waals surface area contributed by atoms with Gasteiger partial charge in [0.2, 0.25) is 0 Å². The van der Waals surface area contributed by atoms with E-state index < -0.39 is 11.9 Å². The van der Waals surface area contributed by atoms with Crippen LogP contribution in [0.2, 0.25) is 0 Å². The van der Waals surface area contributed by atoms with Gasteiger partial charge in [0, 0.05) is 12.7 Å². The number of aromatic nitrogens is 2. The second kappa shape index (κ2) is 2.56. The van der Waals surface area contributed by atoms with Gasteiger partial charge in [-0.25, -0.2) is 4.98 Å². The molecule has 0 aliphatic carbocycles. The molecule has 0 saturated carbocycles. The first-order valence-electron chi connectivity index (χ1n) is 3.13. The quantitative estimate of drug-likeness (QED) is 0.620. The van der Waals surface area contributed by atoms with E-state index in [0.717, 1.165) is 6.20 Å². The Hall–Kier alpha value is -1.00. The van der Waals surface area contributed by atoms with Gasteiger partial charge in [-0.15, -0.1) is 0 Å². The van der Waals surface area contributed by atoms with Gasteiger partial charge in [-0.1, -0.05) is 0 Å². The highest BCUT2D eigenvalue weighted by Gasteiger charge is 2.33. The first-order valence-corrected chi connectivity index (χ1v) is 3.13. The van der Waals surface area contributed by atoms with E-state index >= 15 is 0 Å². The zero-order valence-electron chi connectivity index (χ0n) is 5.89. The highest BCUT2D eigenvalue weighted by Crippen LogP contribution is 2.26. The van der Waals surface area contributed by atoms with E-state index in [9.17, 15) is 13.2 Å². The number of halogens is 3. The summed E-state index contributed by atoms with van der Waals surface area (Å²) in [7, 11) is 0. The van der Waals surface area contributed by atoms with Gasteiger partial charge in [0.1, 0.15) is 0 Å². The van der Waals surface area contributed by atoms with E-state index in [1.807, 2.05) is 0 Å². The zero-order valence-corrected chi connectivity index (χ0v) is 5.89. The lowest BCUT2D eigenvalue weighted by atomic mass is 10.5. The average molecular weight is 164 g/mol. The molecule has 0 saturated heterocycles. The molecule has 1 rings (SSSR count). The fourth-order valence-corrected chi connectivity index (χ4v) is 0.679. The first kappa shape index (κ1) is 8.10. The molecule has 0 aliphatic rings. The Morgan fingerprint density at radius 3 is 2.45 bits per heavy atom. The summed E-state index contributed by atoms with van der Waals surface area (Å²) < 4.78 is 37.0. The molecule has 0 fully saturated rings. The minimum atomic E-state index is -4.32. The third-order valence-corrected chi connectivity index (χ3v) is 1.29. The van der Waals surface area contributed by atoms with Crippen LogP contribution < -0.4 is 0 Å². The maximum Gasteiger partial charge on any atom is 0.434 e. The molecule has 5 heteroatoms. The van der Waals surface area contributed by atoms with E-state index in [-0.39, 0.29) is 0 Å². The van der Waals surface area contributed by atoms with E-state index in [0.29, 0.717) is 6.54 Å². The van der Waals surface area contributed by atoms with Crippen molar-refractivity contribution in [3.8, 4) is 0 Å². The zero-order chi connectivity index (χ0) is 8.48. The Labute approximate surface area is 61.7 Å². The number of hydrogen-bond donors (Lipinski definition) is 0. The van der Waals surface area contributed by atoms with Crippen LogP contribution in [-0.2, 0) is 12.7 Å². The van der Waals surface area contributed by atoms with Crippen LogP contribution in [-0.4, -0.2) is 9.55 Å². The monoisotopic (exact) mass is 164 g/mol. The second-order valence-electron chi connectivity index (χ2n) is 2.09. The van der Waals surface area contributed by atoms with Crippen LogP contribution >= 0.6 is 0 Å². The van der Waals surface area contributed by atoms with E-state index in [1.165, 1.54) is 10.9 Å². The van der Waals surface area contributed by atoms with Crippen LogP contribution in [0.3, 0.4) is 0 Å². The summed E-state index contributed by atoms with van der Waals surface area (Å²) >= 11 is 0. The lowest BCUT2D eigenvalue weighted by Gasteiger charge is -1.99. The molecule has 0 aromatic carbocycles. The molecule has 0 unspecified atom stereocenters. The number of alkyl halides is 3. The molecule has 0 atom stereocenters. The Balaban J connectivity index is 2.89. The van der Waals surface area contributed by atoms with Crippen LogP contribution in [0.1, 0.15) is 12.6 Å². The van der Waals surface area contributed by atoms with Crippen LogP contribution in [0.15, 0.2) is 12.5 Å². The summed E-state index contributed by atoms with van der Waals surface area (Å²) in [6.07, 6.45) is -2.16. The van der Waals surface area contributed by atoms with Crippen molar-refractivity contribution in [2.24, 2.45) is 0 Å². The van der Waals surface area contributed by atoms with E-state index in [1.54, 1.807) is 6.92 Å². The molecule has 0 bridgehead atoms. The van der Waals surface area contributed by atoms with E-state index in [2.05, 4.69) is 4.98 Å². The van der Waals surface area contributed by atoms with Gasteiger partial charge in [-0.2, -0.15) is 13.2 Å². The van der Waals surface area contributed by atoms with Gasteiger partial charge < -0.3 is 4.57 Å². The third-order valence-electron chi connectivity index (χ3n) is 1.29. The number of nitrogens with zero attached hydrogens (tertiary/aromatic N) is 2. The SMILES string of the molecule is CCn1cnc(C(F)(F)F)c1. The van der Waals surface area contributed by atoms with Crippen molar-refractivity contribution in [3.05, 3.63) is 18.2 Å². The molecule has 2 nitrogen and oxygen atoms in total. The highest BCUT2D eigenvalue weighted by atomic mass is 19.4. The molecule has 0 aliphatic heterocycles. The largest absolute Gasteiger partial charge is 0.434 e. The predicted molar refractivity (Wildman–Crippen MR) is 32.9 cm³/mol. The predicted octanol–water partition coefficient (Wildman–Crippen LogP) is 1.92. The fraction of sp³-hybridized carbons (Fsp3) is 0.500. The molecule has 1 aromatic heterocycles. The number of aryl methyl sites for hydroxylation is 1. The molecule has 0 radical (unpaired) electrons. The van der Waals surface area contributed by atoms with Gasteiger partial charge >= 0.3 is 6.18 Å². The van der Waals surface area contributed by atoms with Gasteiger partial charge in [0.15, 0.2) is 5.69 Å². The van der Waals surface area contributed by atoms with Crippen molar-refractivity contribution < 1.29 is 13.2 Å².